The van der Waals surface area contributed by atoms with Crippen LogP contribution in [0.2, 0.25) is 0 Å². The van der Waals surface area contributed by atoms with E-state index in [9.17, 15) is 4.79 Å². The summed E-state index contributed by atoms with van der Waals surface area (Å²) in [6, 6.07) is 12.0. The third-order valence-corrected chi connectivity index (χ3v) is 6.01. The van der Waals surface area contributed by atoms with E-state index in [1.807, 2.05) is 24.4 Å². The lowest BCUT2D eigenvalue weighted by molar-refractivity contribution is 0.0913. The van der Waals surface area contributed by atoms with E-state index in [1.54, 1.807) is 17.4 Å². The zero-order chi connectivity index (χ0) is 19.7. The summed E-state index contributed by atoms with van der Waals surface area (Å²) in [5, 5.41) is 6.91. The first-order valence-electron chi connectivity index (χ1n) is 9.24. The van der Waals surface area contributed by atoms with Crippen molar-refractivity contribution in [3.8, 4) is 0 Å². The SMILES string of the molecule is Cc1sc2nc(CNC(=O)c3cc(C[C@H](C)c4ccccc4)no3)cn2c1C. The van der Waals surface area contributed by atoms with Crippen molar-refractivity contribution in [2.24, 2.45) is 0 Å². The van der Waals surface area contributed by atoms with Gasteiger partial charge in [0.05, 0.1) is 17.9 Å². The predicted octanol–water partition coefficient (Wildman–Crippen LogP) is 4.28. The molecule has 0 spiro atoms. The van der Waals surface area contributed by atoms with Crippen molar-refractivity contribution < 1.29 is 9.32 Å². The van der Waals surface area contributed by atoms with E-state index in [0.29, 0.717) is 12.5 Å². The van der Waals surface area contributed by atoms with Crippen LogP contribution in [0.5, 0.6) is 0 Å². The van der Waals surface area contributed by atoms with Crippen LogP contribution in [0, 0.1) is 13.8 Å². The number of amides is 1. The number of nitrogens with zero attached hydrogens (tertiary/aromatic N) is 3. The molecule has 6 nitrogen and oxygen atoms in total. The summed E-state index contributed by atoms with van der Waals surface area (Å²) in [6.45, 7) is 6.63. The van der Waals surface area contributed by atoms with Gasteiger partial charge in [-0.25, -0.2) is 4.98 Å². The minimum Gasteiger partial charge on any atom is -0.351 e. The second-order valence-electron chi connectivity index (χ2n) is 7.01. The maximum atomic E-state index is 12.4. The third-order valence-electron chi connectivity index (χ3n) is 4.94. The molecular formula is C21H22N4O2S. The summed E-state index contributed by atoms with van der Waals surface area (Å²) in [4.78, 5) is 19.1. The molecule has 0 aliphatic heterocycles. The Kier molecular flexibility index (Phi) is 5.00. The summed E-state index contributed by atoms with van der Waals surface area (Å²) >= 11 is 1.65. The average molecular weight is 395 g/mol. The van der Waals surface area contributed by atoms with Crippen LogP contribution in [-0.2, 0) is 13.0 Å². The van der Waals surface area contributed by atoms with Crippen LogP contribution in [-0.4, -0.2) is 20.4 Å². The summed E-state index contributed by atoms with van der Waals surface area (Å²) in [6.07, 6.45) is 2.68. The first-order valence-corrected chi connectivity index (χ1v) is 10.1. The van der Waals surface area contributed by atoms with Gasteiger partial charge in [0.2, 0.25) is 5.76 Å². The number of aromatic nitrogens is 3. The zero-order valence-corrected chi connectivity index (χ0v) is 16.9. The van der Waals surface area contributed by atoms with Crippen molar-refractivity contribution in [1.29, 1.82) is 0 Å². The number of benzene rings is 1. The molecule has 3 aromatic heterocycles. The number of hydrogen-bond donors (Lipinski definition) is 1. The lowest BCUT2D eigenvalue weighted by Crippen LogP contribution is -2.22. The first-order chi connectivity index (χ1) is 13.5. The molecule has 28 heavy (non-hydrogen) atoms. The Hall–Kier alpha value is -2.93. The number of carbonyl (C=O) groups excluding carboxylic acids is 1. The topological polar surface area (TPSA) is 72.4 Å². The minimum atomic E-state index is -0.282. The molecule has 0 saturated heterocycles. The Morgan fingerprint density at radius 3 is 2.79 bits per heavy atom. The molecule has 0 radical (unpaired) electrons. The smallest absolute Gasteiger partial charge is 0.290 e. The van der Waals surface area contributed by atoms with Crippen LogP contribution < -0.4 is 5.32 Å². The second kappa shape index (κ2) is 7.59. The van der Waals surface area contributed by atoms with Gasteiger partial charge in [0.1, 0.15) is 0 Å². The molecule has 1 atom stereocenters. The fraction of sp³-hybridized carbons (Fsp3) is 0.286. The van der Waals surface area contributed by atoms with Crippen LogP contribution in [0.3, 0.4) is 0 Å². The van der Waals surface area contributed by atoms with Gasteiger partial charge in [0.15, 0.2) is 4.96 Å². The van der Waals surface area contributed by atoms with Crippen LogP contribution in [0.15, 0.2) is 47.1 Å². The highest BCUT2D eigenvalue weighted by molar-refractivity contribution is 7.17. The molecule has 3 heterocycles. The molecule has 0 fully saturated rings. The molecule has 4 aromatic rings. The maximum Gasteiger partial charge on any atom is 0.290 e. The van der Waals surface area contributed by atoms with Gasteiger partial charge < -0.3 is 9.84 Å². The molecular weight excluding hydrogens is 372 g/mol. The Morgan fingerprint density at radius 1 is 1.25 bits per heavy atom. The molecule has 144 valence electrons. The molecule has 0 aliphatic carbocycles. The maximum absolute atomic E-state index is 12.4. The number of hydrogen-bond acceptors (Lipinski definition) is 5. The highest BCUT2D eigenvalue weighted by atomic mass is 32.1. The van der Waals surface area contributed by atoms with Crippen molar-refractivity contribution in [3.63, 3.8) is 0 Å². The largest absolute Gasteiger partial charge is 0.351 e. The van der Waals surface area contributed by atoms with Crippen molar-refractivity contribution in [2.45, 2.75) is 39.7 Å². The monoisotopic (exact) mass is 394 g/mol. The van der Waals surface area contributed by atoms with Crippen LogP contribution >= 0.6 is 11.3 Å². The van der Waals surface area contributed by atoms with Gasteiger partial charge in [-0.3, -0.25) is 9.20 Å². The summed E-state index contributed by atoms with van der Waals surface area (Å²) in [7, 11) is 0. The fourth-order valence-electron chi connectivity index (χ4n) is 3.17. The number of carbonyl (C=O) groups is 1. The molecule has 1 amide bonds. The van der Waals surface area contributed by atoms with E-state index in [2.05, 4.69) is 52.8 Å². The highest BCUT2D eigenvalue weighted by Gasteiger charge is 2.16. The van der Waals surface area contributed by atoms with Gasteiger partial charge in [0, 0.05) is 22.8 Å². The molecule has 0 saturated carbocycles. The molecule has 0 aliphatic rings. The minimum absolute atomic E-state index is 0.225. The Morgan fingerprint density at radius 2 is 2.04 bits per heavy atom. The zero-order valence-electron chi connectivity index (χ0n) is 16.1. The third kappa shape index (κ3) is 3.71. The highest BCUT2D eigenvalue weighted by Crippen LogP contribution is 2.22. The van der Waals surface area contributed by atoms with E-state index >= 15 is 0 Å². The van der Waals surface area contributed by atoms with E-state index in [4.69, 9.17) is 4.52 Å². The quantitative estimate of drug-likeness (QED) is 0.530. The van der Waals surface area contributed by atoms with E-state index in [1.165, 1.54) is 16.1 Å². The molecule has 1 N–H and O–H groups in total. The average Bonchev–Trinajstić information content (AvgIpc) is 3.38. The molecule has 1 aromatic carbocycles. The van der Waals surface area contributed by atoms with Crippen LogP contribution in [0.1, 0.15) is 50.9 Å². The lowest BCUT2D eigenvalue weighted by atomic mass is 9.96. The van der Waals surface area contributed by atoms with Gasteiger partial charge in [-0.05, 0) is 31.7 Å². The first kappa shape index (κ1) is 18.4. The van der Waals surface area contributed by atoms with E-state index < -0.39 is 0 Å². The normalized spacial score (nSPS) is 12.4. The summed E-state index contributed by atoms with van der Waals surface area (Å²) in [5.41, 5.74) is 4.01. The Labute approximate surface area is 167 Å². The van der Waals surface area contributed by atoms with Crippen molar-refractivity contribution in [3.05, 3.63) is 75.9 Å². The number of thiazole rings is 1. The number of fused-ring (bicyclic) bond motifs is 1. The van der Waals surface area contributed by atoms with Gasteiger partial charge in [-0.15, -0.1) is 11.3 Å². The van der Waals surface area contributed by atoms with Crippen molar-refractivity contribution >= 4 is 22.2 Å². The van der Waals surface area contributed by atoms with Crippen molar-refractivity contribution in [1.82, 2.24) is 19.9 Å². The summed E-state index contributed by atoms with van der Waals surface area (Å²) < 4.78 is 7.30. The van der Waals surface area contributed by atoms with E-state index in [0.717, 1.165) is 22.8 Å². The number of aryl methyl sites for hydroxylation is 2. The predicted molar refractivity (Wildman–Crippen MR) is 109 cm³/mol. The van der Waals surface area contributed by atoms with E-state index in [-0.39, 0.29) is 11.7 Å². The summed E-state index contributed by atoms with van der Waals surface area (Å²) in [5.74, 6) is 0.242. The van der Waals surface area contributed by atoms with Crippen LogP contribution in [0.4, 0.5) is 0 Å². The van der Waals surface area contributed by atoms with Crippen LogP contribution in [0.25, 0.3) is 4.96 Å². The van der Waals surface area contributed by atoms with Gasteiger partial charge >= 0.3 is 0 Å². The van der Waals surface area contributed by atoms with Crippen molar-refractivity contribution in [2.75, 3.05) is 0 Å². The number of rotatable bonds is 6. The standard InChI is InChI=1S/C21H22N4O2S/c1-13(16-7-5-4-6-8-16)9-17-10-19(27-24-17)20(26)22-11-18-12-25-14(2)15(3)28-21(25)23-18/h4-8,10,12-13H,9,11H2,1-3H3,(H,22,26)/t13-/m0/s1. The lowest BCUT2D eigenvalue weighted by Gasteiger charge is -2.08. The molecule has 0 bridgehead atoms. The fourth-order valence-corrected chi connectivity index (χ4v) is 4.14. The number of imidazole rings is 1. The molecule has 4 rings (SSSR count). The second-order valence-corrected chi connectivity index (χ2v) is 8.19. The molecule has 0 unspecified atom stereocenters. The Bertz CT molecular complexity index is 1110. The van der Waals surface area contributed by atoms with Gasteiger partial charge in [-0.2, -0.15) is 0 Å². The molecule has 7 heteroatoms. The Balaban J connectivity index is 1.37. The van der Waals surface area contributed by atoms with Gasteiger partial charge in [0.25, 0.3) is 5.91 Å². The van der Waals surface area contributed by atoms with Gasteiger partial charge in [-0.1, -0.05) is 42.4 Å². The number of nitrogens with one attached hydrogen (secondary N) is 1.